The van der Waals surface area contributed by atoms with Crippen LogP contribution in [0.4, 0.5) is 0 Å². The normalized spacial score (nSPS) is 16.8. The minimum atomic E-state index is -0.143. The molecule has 0 aliphatic carbocycles. The molecule has 3 aromatic rings. The van der Waals surface area contributed by atoms with Crippen LogP contribution in [0.5, 0.6) is 5.75 Å². The van der Waals surface area contributed by atoms with Gasteiger partial charge in [0.1, 0.15) is 11.5 Å². The van der Waals surface area contributed by atoms with E-state index in [4.69, 9.17) is 9.15 Å². The van der Waals surface area contributed by atoms with Gasteiger partial charge in [0.05, 0.1) is 19.2 Å². The van der Waals surface area contributed by atoms with Gasteiger partial charge in [-0.1, -0.05) is 12.1 Å². The number of hydrogen-bond donors (Lipinski definition) is 0. The maximum Gasteiger partial charge on any atom is 0.291 e. The Morgan fingerprint density at radius 3 is 2.75 bits per heavy atom. The van der Waals surface area contributed by atoms with E-state index in [1.54, 1.807) is 36.7 Å². The minimum absolute atomic E-state index is 0.0889. The Hall–Kier alpha value is -3.22. The van der Waals surface area contributed by atoms with Crippen LogP contribution in [-0.4, -0.2) is 46.0 Å². The highest BCUT2D eigenvalue weighted by Gasteiger charge is 2.29. The number of oxazole rings is 1. The lowest BCUT2D eigenvalue weighted by atomic mass is 9.98. The molecule has 1 aliphatic rings. The predicted molar refractivity (Wildman–Crippen MR) is 102 cm³/mol. The average Bonchev–Trinajstić information content (AvgIpc) is 3.23. The van der Waals surface area contributed by atoms with E-state index in [-0.39, 0.29) is 17.6 Å². The molecule has 0 N–H and O–H groups in total. The van der Waals surface area contributed by atoms with Crippen LogP contribution >= 0.6 is 0 Å². The van der Waals surface area contributed by atoms with Crippen molar-refractivity contribution in [2.45, 2.75) is 25.2 Å². The first-order valence-electron chi connectivity index (χ1n) is 9.37. The third kappa shape index (κ3) is 4.03. The molecule has 1 amide bonds. The van der Waals surface area contributed by atoms with E-state index < -0.39 is 0 Å². The van der Waals surface area contributed by atoms with Gasteiger partial charge >= 0.3 is 0 Å². The van der Waals surface area contributed by atoms with Crippen molar-refractivity contribution in [3.05, 3.63) is 72.0 Å². The molecule has 0 spiro atoms. The van der Waals surface area contributed by atoms with Gasteiger partial charge in [-0.25, -0.2) is 15.0 Å². The quantitative estimate of drug-likeness (QED) is 0.679. The fourth-order valence-corrected chi connectivity index (χ4v) is 3.45. The van der Waals surface area contributed by atoms with Crippen LogP contribution in [0.2, 0.25) is 0 Å². The molecule has 1 saturated heterocycles. The Bertz CT molecular complexity index is 924. The van der Waals surface area contributed by atoms with Crippen LogP contribution in [0, 0.1) is 0 Å². The number of hydrogen-bond acceptors (Lipinski definition) is 6. The number of benzene rings is 1. The zero-order valence-electron chi connectivity index (χ0n) is 15.7. The van der Waals surface area contributed by atoms with Crippen molar-refractivity contribution in [3.8, 4) is 5.75 Å². The molecule has 0 saturated carbocycles. The molecule has 1 fully saturated rings. The summed E-state index contributed by atoms with van der Waals surface area (Å²) in [6.07, 6.45) is 7.47. The molecule has 28 heavy (non-hydrogen) atoms. The molecule has 7 nitrogen and oxygen atoms in total. The third-order valence-electron chi connectivity index (χ3n) is 4.92. The molecule has 144 valence electrons. The number of aromatic nitrogens is 3. The number of rotatable bonds is 5. The first kappa shape index (κ1) is 18.2. The van der Waals surface area contributed by atoms with Gasteiger partial charge in [-0.2, -0.15) is 0 Å². The van der Waals surface area contributed by atoms with Crippen molar-refractivity contribution in [3.63, 3.8) is 0 Å². The van der Waals surface area contributed by atoms with Crippen LogP contribution in [0.15, 0.2) is 53.3 Å². The SMILES string of the molecule is COc1ccc(Cc2cnc(C3CCCN(C(=O)c4ncccn4)C3)o2)cc1. The average molecular weight is 378 g/mol. The molecule has 4 rings (SSSR count). The van der Waals surface area contributed by atoms with Gasteiger partial charge in [0.15, 0.2) is 5.89 Å². The van der Waals surface area contributed by atoms with E-state index in [9.17, 15) is 4.79 Å². The van der Waals surface area contributed by atoms with Gasteiger partial charge in [0, 0.05) is 31.9 Å². The second kappa shape index (κ2) is 8.21. The van der Waals surface area contributed by atoms with E-state index in [0.717, 1.165) is 29.9 Å². The van der Waals surface area contributed by atoms with Crippen LogP contribution in [-0.2, 0) is 6.42 Å². The summed E-state index contributed by atoms with van der Waals surface area (Å²) < 4.78 is 11.2. The molecule has 2 aromatic heterocycles. The Balaban J connectivity index is 1.42. The van der Waals surface area contributed by atoms with Gasteiger partial charge < -0.3 is 14.1 Å². The second-order valence-corrected chi connectivity index (χ2v) is 6.85. The number of carbonyl (C=O) groups excluding carboxylic acids is 1. The summed E-state index contributed by atoms with van der Waals surface area (Å²) in [5.41, 5.74) is 1.13. The number of amides is 1. The van der Waals surface area contributed by atoms with Gasteiger partial charge in [0.25, 0.3) is 5.91 Å². The highest BCUT2D eigenvalue weighted by Crippen LogP contribution is 2.28. The summed E-state index contributed by atoms with van der Waals surface area (Å²) in [6.45, 7) is 1.27. The van der Waals surface area contributed by atoms with Crippen molar-refractivity contribution in [1.29, 1.82) is 0 Å². The van der Waals surface area contributed by atoms with Crippen molar-refractivity contribution in [2.75, 3.05) is 20.2 Å². The summed E-state index contributed by atoms with van der Waals surface area (Å²) in [6, 6.07) is 9.60. The standard InChI is InChI=1S/C21H22N4O3/c1-27-17-7-5-15(6-8-17)12-18-13-24-20(28-18)16-4-2-11-25(14-16)21(26)19-22-9-3-10-23-19/h3,5-10,13,16H,2,4,11-12,14H2,1H3. The van der Waals surface area contributed by atoms with Crippen molar-refractivity contribution in [1.82, 2.24) is 19.9 Å². The van der Waals surface area contributed by atoms with Gasteiger partial charge in [-0.3, -0.25) is 4.79 Å². The maximum atomic E-state index is 12.6. The smallest absolute Gasteiger partial charge is 0.291 e. The maximum absolute atomic E-state index is 12.6. The van der Waals surface area contributed by atoms with Crippen LogP contribution in [0.3, 0.4) is 0 Å². The number of likely N-dealkylation sites (tertiary alicyclic amines) is 1. The molecule has 7 heteroatoms. The second-order valence-electron chi connectivity index (χ2n) is 6.85. The van der Waals surface area contributed by atoms with E-state index in [0.29, 0.717) is 25.4 Å². The van der Waals surface area contributed by atoms with Gasteiger partial charge in [-0.05, 0) is 36.6 Å². The van der Waals surface area contributed by atoms with Crippen molar-refractivity contribution < 1.29 is 13.9 Å². The zero-order chi connectivity index (χ0) is 19.3. The lowest BCUT2D eigenvalue weighted by molar-refractivity contribution is 0.0685. The highest BCUT2D eigenvalue weighted by atomic mass is 16.5. The fraction of sp³-hybridized carbons (Fsp3) is 0.333. The molecule has 0 bridgehead atoms. The molecule has 0 radical (unpaired) electrons. The number of nitrogens with zero attached hydrogens (tertiary/aromatic N) is 4. The van der Waals surface area contributed by atoms with Crippen LogP contribution in [0.1, 0.15) is 46.6 Å². The number of ether oxygens (including phenoxy) is 1. The van der Waals surface area contributed by atoms with E-state index in [1.807, 2.05) is 24.3 Å². The monoisotopic (exact) mass is 378 g/mol. The van der Waals surface area contributed by atoms with Crippen molar-refractivity contribution >= 4 is 5.91 Å². The molecule has 1 aromatic carbocycles. The Morgan fingerprint density at radius 1 is 1.21 bits per heavy atom. The van der Waals surface area contributed by atoms with E-state index >= 15 is 0 Å². The lowest BCUT2D eigenvalue weighted by Crippen LogP contribution is -2.39. The first-order chi connectivity index (χ1) is 13.7. The Kier molecular flexibility index (Phi) is 5.32. The molecular weight excluding hydrogens is 356 g/mol. The van der Waals surface area contributed by atoms with Gasteiger partial charge in [-0.15, -0.1) is 0 Å². The topological polar surface area (TPSA) is 81.4 Å². The number of piperidine rings is 1. The zero-order valence-corrected chi connectivity index (χ0v) is 15.7. The Labute approximate surface area is 163 Å². The molecule has 1 unspecified atom stereocenters. The summed E-state index contributed by atoms with van der Waals surface area (Å²) in [4.78, 5) is 27.0. The largest absolute Gasteiger partial charge is 0.497 e. The first-order valence-corrected chi connectivity index (χ1v) is 9.37. The minimum Gasteiger partial charge on any atom is -0.497 e. The van der Waals surface area contributed by atoms with Gasteiger partial charge in [0.2, 0.25) is 5.82 Å². The summed E-state index contributed by atoms with van der Waals surface area (Å²) >= 11 is 0. The summed E-state index contributed by atoms with van der Waals surface area (Å²) in [5.74, 6) is 2.51. The third-order valence-corrected chi connectivity index (χ3v) is 4.92. The lowest BCUT2D eigenvalue weighted by Gasteiger charge is -2.30. The highest BCUT2D eigenvalue weighted by molar-refractivity contribution is 5.90. The molecule has 3 heterocycles. The number of methoxy groups -OCH3 is 1. The number of carbonyl (C=O) groups is 1. The predicted octanol–water partition coefficient (Wildman–Crippen LogP) is 3.08. The van der Waals surface area contributed by atoms with Crippen molar-refractivity contribution in [2.24, 2.45) is 0 Å². The van der Waals surface area contributed by atoms with Crippen LogP contribution < -0.4 is 4.74 Å². The van der Waals surface area contributed by atoms with Crippen LogP contribution in [0.25, 0.3) is 0 Å². The molecule has 1 aliphatic heterocycles. The molecular formula is C21H22N4O3. The summed E-state index contributed by atoms with van der Waals surface area (Å²) in [7, 11) is 1.65. The fourth-order valence-electron chi connectivity index (χ4n) is 3.45. The summed E-state index contributed by atoms with van der Waals surface area (Å²) in [5, 5.41) is 0. The van der Waals surface area contributed by atoms with E-state index in [1.165, 1.54) is 0 Å². The molecule has 1 atom stereocenters. The van der Waals surface area contributed by atoms with E-state index in [2.05, 4.69) is 15.0 Å². The Morgan fingerprint density at radius 2 is 2.00 bits per heavy atom.